The van der Waals surface area contributed by atoms with Crippen LogP contribution >= 0.6 is 0 Å². The van der Waals surface area contributed by atoms with Crippen molar-refractivity contribution in [1.82, 2.24) is 0 Å². The molecule has 0 fully saturated rings. The van der Waals surface area contributed by atoms with Crippen LogP contribution in [0.4, 0.5) is 0 Å². The van der Waals surface area contributed by atoms with Crippen LogP contribution in [0.3, 0.4) is 0 Å². The number of esters is 1. The highest BCUT2D eigenvalue weighted by atomic mass is 32.2. The Balaban J connectivity index is 3.37. The van der Waals surface area contributed by atoms with Crippen LogP contribution in [0.2, 0.25) is 0 Å². The van der Waals surface area contributed by atoms with Crippen molar-refractivity contribution in [3.8, 4) is 5.75 Å². The average molecular weight is 259 g/mol. The molecular formula is C10H13NO5S. The Morgan fingerprint density at radius 1 is 1.41 bits per heavy atom. The molecule has 7 heteroatoms. The number of ether oxygens (including phenoxy) is 2. The minimum atomic E-state index is -3.98. The van der Waals surface area contributed by atoms with Gasteiger partial charge in [-0.25, -0.2) is 18.4 Å². The molecule has 0 bridgehead atoms. The van der Waals surface area contributed by atoms with Crippen molar-refractivity contribution in [2.24, 2.45) is 5.14 Å². The van der Waals surface area contributed by atoms with Crippen LogP contribution in [-0.2, 0) is 14.8 Å². The lowest BCUT2D eigenvalue weighted by Gasteiger charge is -2.09. The first-order valence-electron chi connectivity index (χ1n) is 4.78. The molecule has 94 valence electrons. The molecule has 2 N–H and O–H groups in total. The van der Waals surface area contributed by atoms with Gasteiger partial charge in [-0.15, -0.1) is 0 Å². The molecule has 1 rings (SSSR count). The van der Waals surface area contributed by atoms with Gasteiger partial charge < -0.3 is 9.47 Å². The first kappa shape index (κ1) is 13.5. The normalized spacial score (nSPS) is 11.0. The first-order valence-corrected chi connectivity index (χ1v) is 6.32. The van der Waals surface area contributed by atoms with Crippen LogP contribution in [0.25, 0.3) is 0 Å². The second-order valence-corrected chi connectivity index (χ2v) is 4.66. The highest BCUT2D eigenvalue weighted by Crippen LogP contribution is 2.21. The molecule has 1 aromatic rings. The van der Waals surface area contributed by atoms with Gasteiger partial charge in [0, 0.05) is 0 Å². The van der Waals surface area contributed by atoms with Gasteiger partial charge in [0.1, 0.15) is 5.75 Å². The summed E-state index contributed by atoms with van der Waals surface area (Å²) in [5, 5.41) is 5.00. The number of carbonyl (C=O) groups is 1. The smallest absolute Gasteiger partial charge is 0.339 e. The van der Waals surface area contributed by atoms with Gasteiger partial charge >= 0.3 is 5.97 Å². The third-order valence-corrected chi connectivity index (χ3v) is 2.94. The molecule has 0 unspecified atom stereocenters. The highest BCUT2D eigenvalue weighted by Gasteiger charge is 2.20. The molecule has 0 aliphatic rings. The Bertz CT molecular complexity index is 523. The van der Waals surface area contributed by atoms with Crippen molar-refractivity contribution in [2.45, 2.75) is 11.8 Å². The van der Waals surface area contributed by atoms with Gasteiger partial charge in [0.2, 0.25) is 10.0 Å². The molecule has 0 atom stereocenters. The van der Waals surface area contributed by atoms with Crippen LogP contribution in [0, 0.1) is 0 Å². The van der Waals surface area contributed by atoms with E-state index in [9.17, 15) is 13.2 Å². The van der Waals surface area contributed by atoms with Crippen molar-refractivity contribution in [3.63, 3.8) is 0 Å². The zero-order valence-corrected chi connectivity index (χ0v) is 10.3. The number of sulfonamides is 1. The molecule has 0 heterocycles. The van der Waals surface area contributed by atoms with Gasteiger partial charge in [-0.3, -0.25) is 0 Å². The molecule has 0 spiro atoms. The molecule has 0 saturated heterocycles. The quantitative estimate of drug-likeness (QED) is 0.795. The number of rotatable bonds is 4. The van der Waals surface area contributed by atoms with Crippen LogP contribution in [0.1, 0.15) is 17.3 Å². The van der Waals surface area contributed by atoms with Gasteiger partial charge in [0.05, 0.1) is 24.2 Å². The van der Waals surface area contributed by atoms with E-state index in [1.165, 1.54) is 18.2 Å². The van der Waals surface area contributed by atoms with Gasteiger partial charge in [-0.2, -0.15) is 0 Å². The minimum absolute atomic E-state index is 0.138. The minimum Gasteiger partial charge on any atom is -0.494 e. The van der Waals surface area contributed by atoms with Crippen molar-refractivity contribution in [1.29, 1.82) is 0 Å². The van der Waals surface area contributed by atoms with Crippen LogP contribution in [0.15, 0.2) is 23.1 Å². The Kier molecular flexibility index (Phi) is 4.08. The summed E-state index contributed by atoms with van der Waals surface area (Å²) in [4.78, 5) is 11.2. The largest absolute Gasteiger partial charge is 0.494 e. The fourth-order valence-corrected chi connectivity index (χ4v) is 1.99. The van der Waals surface area contributed by atoms with Crippen molar-refractivity contribution in [3.05, 3.63) is 23.8 Å². The Labute approximate surface area is 99.4 Å². The Hall–Kier alpha value is -1.60. The van der Waals surface area contributed by atoms with E-state index in [4.69, 9.17) is 9.88 Å². The van der Waals surface area contributed by atoms with Crippen molar-refractivity contribution >= 4 is 16.0 Å². The summed E-state index contributed by atoms with van der Waals surface area (Å²) in [6.45, 7) is 2.17. The van der Waals surface area contributed by atoms with E-state index < -0.39 is 16.0 Å². The molecule has 0 aliphatic heterocycles. The van der Waals surface area contributed by atoms with E-state index in [2.05, 4.69) is 4.74 Å². The van der Waals surface area contributed by atoms with E-state index in [0.717, 1.165) is 7.11 Å². The third kappa shape index (κ3) is 3.18. The van der Waals surface area contributed by atoms with Gasteiger partial charge in [-0.1, -0.05) is 0 Å². The lowest BCUT2D eigenvalue weighted by molar-refractivity contribution is 0.0595. The zero-order valence-electron chi connectivity index (χ0n) is 9.47. The van der Waals surface area contributed by atoms with Crippen LogP contribution < -0.4 is 9.88 Å². The van der Waals surface area contributed by atoms with Gasteiger partial charge in [0.25, 0.3) is 0 Å². The first-order chi connectivity index (χ1) is 7.90. The highest BCUT2D eigenvalue weighted by molar-refractivity contribution is 7.89. The Morgan fingerprint density at radius 2 is 2.06 bits per heavy atom. The Morgan fingerprint density at radius 3 is 2.53 bits per heavy atom. The fourth-order valence-electron chi connectivity index (χ4n) is 1.28. The maximum Gasteiger partial charge on any atom is 0.339 e. The topological polar surface area (TPSA) is 95.7 Å². The summed E-state index contributed by atoms with van der Waals surface area (Å²) in [6, 6.07) is 3.93. The fraction of sp³-hybridized carbons (Fsp3) is 0.300. The maximum absolute atomic E-state index is 11.4. The monoisotopic (exact) mass is 259 g/mol. The average Bonchev–Trinajstić information content (AvgIpc) is 2.27. The standard InChI is InChI=1S/C10H13NO5S/c1-3-16-7-4-5-9(17(11,13)14)8(6-7)10(12)15-2/h4-6H,3H2,1-2H3,(H2,11,13,14). The number of hydrogen-bond acceptors (Lipinski definition) is 5. The number of nitrogens with two attached hydrogens (primary N) is 1. The molecule has 0 saturated carbocycles. The van der Waals surface area contributed by atoms with Crippen molar-refractivity contribution in [2.75, 3.05) is 13.7 Å². The SMILES string of the molecule is CCOc1ccc(S(N)(=O)=O)c(C(=O)OC)c1. The molecule has 17 heavy (non-hydrogen) atoms. The number of hydrogen-bond donors (Lipinski definition) is 1. The van der Waals surface area contributed by atoms with E-state index in [-0.39, 0.29) is 10.5 Å². The zero-order chi connectivity index (χ0) is 13.1. The molecular weight excluding hydrogens is 246 g/mol. The molecule has 6 nitrogen and oxygen atoms in total. The maximum atomic E-state index is 11.4. The molecule has 0 amide bonds. The summed E-state index contributed by atoms with van der Waals surface area (Å²) in [7, 11) is -2.82. The number of carbonyl (C=O) groups excluding carboxylic acids is 1. The number of primary sulfonamides is 1. The van der Waals surface area contributed by atoms with Gasteiger partial charge in [0.15, 0.2) is 0 Å². The van der Waals surface area contributed by atoms with Gasteiger partial charge in [-0.05, 0) is 25.1 Å². The lowest BCUT2D eigenvalue weighted by atomic mass is 10.2. The second kappa shape index (κ2) is 5.15. The van der Waals surface area contributed by atoms with Crippen LogP contribution in [-0.4, -0.2) is 28.1 Å². The summed E-state index contributed by atoms with van der Waals surface area (Å²) >= 11 is 0. The molecule has 0 aliphatic carbocycles. The number of benzene rings is 1. The van der Waals surface area contributed by atoms with E-state index >= 15 is 0 Å². The second-order valence-electron chi connectivity index (χ2n) is 3.13. The predicted molar refractivity (Wildman–Crippen MR) is 60.3 cm³/mol. The van der Waals surface area contributed by atoms with E-state index in [0.29, 0.717) is 12.4 Å². The van der Waals surface area contributed by atoms with Crippen molar-refractivity contribution < 1.29 is 22.7 Å². The molecule has 0 aromatic heterocycles. The summed E-state index contributed by atoms with van der Waals surface area (Å²) in [5.74, 6) is -0.407. The van der Waals surface area contributed by atoms with E-state index in [1.54, 1.807) is 6.92 Å². The predicted octanol–water partition coefficient (Wildman–Crippen LogP) is 0.519. The van der Waals surface area contributed by atoms with E-state index in [1.807, 2.05) is 0 Å². The summed E-state index contributed by atoms with van der Waals surface area (Å²) < 4.78 is 32.2. The van der Waals surface area contributed by atoms with Crippen LogP contribution in [0.5, 0.6) is 5.75 Å². The lowest BCUT2D eigenvalue weighted by Crippen LogP contribution is -2.17. The summed E-state index contributed by atoms with van der Waals surface area (Å²) in [6.07, 6.45) is 0. The molecule has 0 radical (unpaired) electrons. The summed E-state index contributed by atoms with van der Waals surface area (Å²) in [5.41, 5.74) is -0.138. The molecule has 1 aromatic carbocycles. The third-order valence-electron chi connectivity index (χ3n) is 1.97. The number of methoxy groups -OCH3 is 1.